The first-order chi connectivity index (χ1) is 14.1. The van der Waals surface area contributed by atoms with E-state index in [1.54, 1.807) is 54.1 Å². The maximum absolute atomic E-state index is 12.9. The summed E-state index contributed by atoms with van der Waals surface area (Å²) in [5.41, 5.74) is 1.17. The first-order valence-electron chi connectivity index (χ1n) is 9.37. The van der Waals surface area contributed by atoms with Crippen molar-refractivity contribution in [1.29, 1.82) is 0 Å². The monoisotopic (exact) mass is 396 g/mol. The van der Waals surface area contributed by atoms with E-state index < -0.39 is 5.91 Å². The molecule has 152 valence electrons. The van der Waals surface area contributed by atoms with Crippen molar-refractivity contribution < 1.29 is 19.1 Å². The summed E-state index contributed by atoms with van der Waals surface area (Å²) < 4.78 is 12.1. The standard InChI is InChI=1S/C21H24N4O4/c1-4-5-11-22-21(27)19-24-18(16-8-6-7-12-25(16)19)20(26)23-15-10-9-14(28-2)13-17(15)29-3/h6-10,12-13H,4-5,11H2,1-3H3,(H,22,27)(H,23,26). The van der Waals surface area contributed by atoms with E-state index in [0.717, 1.165) is 12.8 Å². The summed E-state index contributed by atoms with van der Waals surface area (Å²) >= 11 is 0. The number of ether oxygens (including phenoxy) is 2. The minimum absolute atomic E-state index is 0.157. The molecule has 0 atom stereocenters. The molecule has 29 heavy (non-hydrogen) atoms. The number of nitrogens with one attached hydrogen (secondary N) is 2. The maximum Gasteiger partial charge on any atom is 0.287 e. The van der Waals surface area contributed by atoms with Crippen molar-refractivity contribution in [2.45, 2.75) is 19.8 Å². The zero-order valence-electron chi connectivity index (χ0n) is 16.7. The number of anilines is 1. The van der Waals surface area contributed by atoms with Crippen LogP contribution >= 0.6 is 0 Å². The van der Waals surface area contributed by atoms with Gasteiger partial charge < -0.3 is 20.1 Å². The molecule has 8 nitrogen and oxygen atoms in total. The van der Waals surface area contributed by atoms with Gasteiger partial charge in [0.25, 0.3) is 11.8 Å². The number of rotatable bonds is 8. The molecular weight excluding hydrogens is 372 g/mol. The van der Waals surface area contributed by atoms with E-state index in [9.17, 15) is 9.59 Å². The van der Waals surface area contributed by atoms with Crippen LogP contribution in [0.1, 0.15) is 40.9 Å². The van der Waals surface area contributed by atoms with E-state index >= 15 is 0 Å². The average Bonchev–Trinajstić information content (AvgIpc) is 3.14. The predicted octanol–water partition coefficient (Wildman–Crippen LogP) is 3.13. The lowest BCUT2D eigenvalue weighted by Crippen LogP contribution is -2.26. The first-order valence-corrected chi connectivity index (χ1v) is 9.37. The molecule has 2 amide bonds. The molecule has 0 fully saturated rings. The Morgan fingerprint density at radius 3 is 2.66 bits per heavy atom. The number of methoxy groups -OCH3 is 2. The highest BCUT2D eigenvalue weighted by Gasteiger charge is 2.22. The molecule has 0 aliphatic carbocycles. The quantitative estimate of drug-likeness (QED) is 0.571. The zero-order chi connectivity index (χ0) is 20.8. The lowest BCUT2D eigenvalue weighted by Gasteiger charge is -2.11. The first kappa shape index (κ1) is 20.2. The van der Waals surface area contributed by atoms with Gasteiger partial charge in [0.05, 0.1) is 25.4 Å². The highest BCUT2D eigenvalue weighted by molar-refractivity contribution is 6.09. The Bertz CT molecular complexity index is 1030. The molecule has 0 saturated carbocycles. The topological polar surface area (TPSA) is 94.0 Å². The van der Waals surface area contributed by atoms with Crippen LogP contribution < -0.4 is 20.1 Å². The number of pyridine rings is 1. The van der Waals surface area contributed by atoms with Gasteiger partial charge >= 0.3 is 0 Å². The summed E-state index contributed by atoms with van der Waals surface area (Å²) in [6.45, 7) is 2.61. The van der Waals surface area contributed by atoms with Crippen molar-refractivity contribution >= 4 is 23.0 Å². The smallest absolute Gasteiger partial charge is 0.287 e. The summed E-state index contributed by atoms with van der Waals surface area (Å²) in [6.07, 6.45) is 3.56. The summed E-state index contributed by atoms with van der Waals surface area (Å²) in [7, 11) is 3.06. The van der Waals surface area contributed by atoms with Crippen LogP contribution in [0.4, 0.5) is 5.69 Å². The van der Waals surface area contributed by atoms with Gasteiger partial charge in [-0.1, -0.05) is 19.4 Å². The SMILES string of the molecule is CCCCNC(=O)c1nc(C(=O)Nc2ccc(OC)cc2OC)c2ccccn12. The molecule has 0 saturated heterocycles. The Balaban J connectivity index is 1.91. The summed E-state index contributed by atoms with van der Waals surface area (Å²) in [6, 6.07) is 10.4. The maximum atomic E-state index is 12.9. The number of carbonyl (C=O) groups excluding carboxylic acids is 2. The van der Waals surface area contributed by atoms with Gasteiger partial charge in [-0.2, -0.15) is 0 Å². The van der Waals surface area contributed by atoms with Gasteiger partial charge in [-0.25, -0.2) is 4.98 Å². The van der Waals surface area contributed by atoms with Gasteiger partial charge in [-0.15, -0.1) is 0 Å². The van der Waals surface area contributed by atoms with Crippen LogP contribution in [-0.4, -0.2) is 42.0 Å². The molecule has 0 unspecified atom stereocenters. The van der Waals surface area contributed by atoms with Crippen molar-refractivity contribution in [2.24, 2.45) is 0 Å². The van der Waals surface area contributed by atoms with Crippen LogP contribution in [0.15, 0.2) is 42.6 Å². The summed E-state index contributed by atoms with van der Waals surface area (Å²) in [4.78, 5) is 29.8. The van der Waals surface area contributed by atoms with Gasteiger partial charge in [0.1, 0.15) is 11.5 Å². The van der Waals surface area contributed by atoms with Crippen LogP contribution in [-0.2, 0) is 0 Å². The molecule has 3 aromatic rings. The fourth-order valence-electron chi connectivity index (χ4n) is 2.91. The minimum Gasteiger partial charge on any atom is -0.497 e. The van der Waals surface area contributed by atoms with Gasteiger partial charge in [0.15, 0.2) is 5.69 Å². The number of aromatic nitrogens is 2. The number of carbonyl (C=O) groups is 2. The molecule has 0 bridgehead atoms. The number of amides is 2. The fourth-order valence-corrected chi connectivity index (χ4v) is 2.91. The molecule has 0 radical (unpaired) electrons. The van der Waals surface area contributed by atoms with Crippen molar-refractivity contribution in [2.75, 3.05) is 26.1 Å². The number of hydrogen-bond donors (Lipinski definition) is 2. The third kappa shape index (κ3) is 4.31. The van der Waals surface area contributed by atoms with E-state index in [2.05, 4.69) is 15.6 Å². The molecule has 2 aromatic heterocycles. The van der Waals surface area contributed by atoms with Crippen LogP contribution in [0.25, 0.3) is 5.52 Å². The van der Waals surface area contributed by atoms with Crippen LogP contribution in [0, 0.1) is 0 Å². The number of fused-ring (bicyclic) bond motifs is 1. The largest absolute Gasteiger partial charge is 0.497 e. The number of unbranched alkanes of at least 4 members (excludes halogenated alkanes) is 1. The Kier molecular flexibility index (Phi) is 6.33. The van der Waals surface area contributed by atoms with Gasteiger partial charge in [-0.3, -0.25) is 14.0 Å². The Morgan fingerprint density at radius 1 is 1.10 bits per heavy atom. The second kappa shape index (κ2) is 9.09. The molecule has 0 aliphatic rings. The molecule has 8 heteroatoms. The van der Waals surface area contributed by atoms with E-state index in [0.29, 0.717) is 29.2 Å². The van der Waals surface area contributed by atoms with E-state index in [-0.39, 0.29) is 17.4 Å². The highest BCUT2D eigenvalue weighted by Crippen LogP contribution is 2.29. The molecule has 0 spiro atoms. The Hall–Kier alpha value is -3.55. The van der Waals surface area contributed by atoms with E-state index in [1.807, 2.05) is 6.92 Å². The third-order valence-electron chi connectivity index (χ3n) is 4.44. The molecule has 2 N–H and O–H groups in total. The predicted molar refractivity (Wildman–Crippen MR) is 110 cm³/mol. The second-order valence-corrected chi connectivity index (χ2v) is 6.37. The number of nitrogens with zero attached hydrogens (tertiary/aromatic N) is 2. The molecule has 1 aromatic carbocycles. The third-order valence-corrected chi connectivity index (χ3v) is 4.44. The average molecular weight is 396 g/mol. The summed E-state index contributed by atoms with van der Waals surface area (Å²) in [5.74, 6) is 0.478. The lowest BCUT2D eigenvalue weighted by molar-refractivity contribution is 0.0942. The van der Waals surface area contributed by atoms with Gasteiger partial charge in [0, 0.05) is 18.8 Å². The number of benzene rings is 1. The van der Waals surface area contributed by atoms with Crippen molar-refractivity contribution in [3.8, 4) is 11.5 Å². The Labute approximate surface area is 168 Å². The van der Waals surface area contributed by atoms with Crippen LogP contribution in [0.3, 0.4) is 0 Å². The summed E-state index contributed by atoms with van der Waals surface area (Å²) in [5, 5.41) is 5.64. The van der Waals surface area contributed by atoms with E-state index in [1.165, 1.54) is 7.11 Å². The highest BCUT2D eigenvalue weighted by atomic mass is 16.5. The van der Waals surface area contributed by atoms with E-state index in [4.69, 9.17) is 9.47 Å². The molecule has 2 heterocycles. The second-order valence-electron chi connectivity index (χ2n) is 6.37. The van der Waals surface area contributed by atoms with Crippen molar-refractivity contribution in [3.05, 3.63) is 54.1 Å². The molecule has 0 aliphatic heterocycles. The number of hydrogen-bond acceptors (Lipinski definition) is 5. The van der Waals surface area contributed by atoms with Crippen molar-refractivity contribution in [3.63, 3.8) is 0 Å². The lowest BCUT2D eigenvalue weighted by atomic mass is 10.2. The van der Waals surface area contributed by atoms with Crippen LogP contribution in [0.2, 0.25) is 0 Å². The van der Waals surface area contributed by atoms with Gasteiger partial charge in [0.2, 0.25) is 5.82 Å². The van der Waals surface area contributed by atoms with Crippen LogP contribution in [0.5, 0.6) is 11.5 Å². The zero-order valence-corrected chi connectivity index (χ0v) is 16.7. The number of imidazole rings is 1. The Morgan fingerprint density at radius 2 is 1.93 bits per heavy atom. The molecule has 3 rings (SSSR count). The normalized spacial score (nSPS) is 10.6. The fraction of sp³-hybridized carbons (Fsp3) is 0.286. The van der Waals surface area contributed by atoms with Gasteiger partial charge in [-0.05, 0) is 30.7 Å². The van der Waals surface area contributed by atoms with Crippen molar-refractivity contribution in [1.82, 2.24) is 14.7 Å². The molecular formula is C21H24N4O4. The minimum atomic E-state index is -0.440.